The van der Waals surface area contributed by atoms with Gasteiger partial charge in [0, 0.05) is 6.42 Å². The topological polar surface area (TPSA) is 83.3 Å². The standard InChI is InChI=1S/C18H18ClN3O4/c1-11(12-7-4-3-5-8-12)22-15(16(19)20-21-22)18(24)26-14-10-6-9-13(14)17(23)25-2/h3-5,7-8,11H,6,9-10H2,1-2H3/t11-/m1/s1. The second kappa shape index (κ2) is 7.70. The molecule has 7 nitrogen and oxygen atoms in total. The Morgan fingerprint density at radius 3 is 2.62 bits per heavy atom. The van der Waals surface area contributed by atoms with Crippen molar-refractivity contribution in [1.29, 1.82) is 0 Å². The summed E-state index contributed by atoms with van der Waals surface area (Å²) in [5, 5.41) is 7.74. The second-order valence-electron chi connectivity index (χ2n) is 5.90. The van der Waals surface area contributed by atoms with Crippen LogP contribution in [0.5, 0.6) is 0 Å². The highest BCUT2D eigenvalue weighted by Crippen LogP contribution is 2.30. The predicted octanol–water partition coefficient (Wildman–Crippen LogP) is 3.31. The van der Waals surface area contributed by atoms with E-state index in [-0.39, 0.29) is 16.9 Å². The molecule has 1 aliphatic carbocycles. The molecular formula is C18H18ClN3O4. The summed E-state index contributed by atoms with van der Waals surface area (Å²) >= 11 is 6.08. The Morgan fingerprint density at radius 2 is 1.92 bits per heavy atom. The van der Waals surface area contributed by atoms with Gasteiger partial charge in [-0.3, -0.25) is 0 Å². The first-order valence-corrected chi connectivity index (χ1v) is 8.59. The Kier molecular flexibility index (Phi) is 5.37. The van der Waals surface area contributed by atoms with E-state index in [1.54, 1.807) is 0 Å². The molecule has 0 saturated heterocycles. The third kappa shape index (κ3) is 3.48. The van der Waals surface area contributed by atoms with Crippen LogP contribution in [0.2, 0.25) is 5.15 Å². The van der Waals surface area contributed by atoms with E-state index < -0.39 is 11.9 Å². The number of halogens is 1. The Balaban J connectivity index is 1.89. The number of carbonyl (C=O) groups excluding carboxylic acids is 2. The lowest BCUT2D eigenvalue weighted by atomic mass is 10.1. The van der Waals surface area contributed by atoms with Crippen LogP contribution in [0.25, 0.3) is 0 Å². The summed E-state index contributed by atoms with van der Waals surface area (Å²) in [5.41, 5.74) is 1.37. The van der Waals surface area contributed by atoms with Crippen LogP contribution >= 0.6 is 11.6 Å². The Bertz CT molecular complexity index is 861. The molecule has 0 bridgehead atoms. The van der Waals surface area contributed by atoms with Gasteiger partial charge in [-0.15, -0.1) is 5.10 Å². The monoisotopic (exact) mass is 375 g/mol. The summed E-state index contributed by atoms with van der Waals surface area (Å²) in [4.78, 5) is 24.5. The maximum absolute atomic E-state index is 12.7. The summed E-state index contributed by atoms with van der Waals surface area (Å²) in [6.45, 7) is 1.88. The van der Waals surface area contributed by atoms with Crippen LogP contribution in [0.4, 0.5) is 0 Å². The van der Waals surface area contributed by atoms with Crippen molar-refractivity contribution in [3.63, 3.8) is 0 Å². The molecular weight excluding hydrogens is 358 g/mol. The normalized spacial score (nSPS) is 15.0. The fourth-order valence-corrected chi connectivity index (χ4v) is 3.12. The summed E-state index contributed by atoms with van der Waals surface area (Å²) in [6, 6.07) is 9.27. The SMILES string of the molecule is COC(=O)C1=C(OC(=O)c2c(Cl)nnn2[C@H](C)c2ccccc2)CCC1. The van der Waals surface area contributed by atoms with Crippen LogP contribution in [-0.2, 0) is 14.3 Å². The minimum atomic E-state index is -0.693. The first-order valence-electron chi connectivity index (χ1n) is 8.21. The van der Waals surface area contributed by atoms with Crippen molar-refractivity contribution < 1.29 is 19.1 Å². The number of allylic oxidation sites excluding steroid dienone is 1. The van der Waals surface area contributed by atoms with Crippen molar-refractivity contribution in [1.82, 2.24) is 15.0 Å². The average Bonchev–Trinajstić information content (AvgIpc) is 3.27. The number of rotatable bonds is 5. The number of hydrogen-bond donors (Lipinski definition) is 0. The van der Waals surface area contributed by atoms with E-state index in [2.05, 4.69) is 10.3 Å². The van der Waals surface area contributed by atoms with Gasteiger partial charge in [0.05, 0.1) is 18.7 Å². The molecule has 0 N–H and O–H groups in total. The number of nitrogens with zero attached hydrogens (tertiary/aromatic N) is 3. The number of aromatic nitrogens is 3. The van der Waals surface area contributed by atoms with Crippen molar-refractivity contribution in [3.8, 4) is 0 Å². The highest BCUT2D eigenvalue weighted by molar-refractivity contribution is 6.32. The molecule has 0 fully saturated rings. The lowest BCUT2D eigenvalue weighted by Gasteiger charge is -2.15. The first kappa shape index (κ1) is 18.1. The first-order chi connectivity index (χ1) is 12.5. The van der Waals surface area contributed by atoms with Crippen molar-refractivity contribution >= 4 is 23.5 Å². The molecule has 1 heterocycles. The zero-order valence-electron chi connectivity index (χ0n) is 14.4. The van der Waals surface area contributed by atoms with Gasteiger partial charge in [-0.25, -0.2) is 14.3 Å². The smallest absolute Gasteiger partial charge is 0.365 e. The van der Waals surface area contributed by atoms with Crippen LogP contribution < -0.4 is 0 Å². The molecule has 0 radical (unpaired) electrons. The number of carbonyl (C=O) groups is 2. The lowest BCUT2D eigenvalue weighted by Crippen LogP contribution is -2.18. The van der Waals surface area contributed by atoms with E-state index >= 15 is 0 Å². The molecule has 0 spiro atoms. The quantitative estimate of drug-likeness (QED) is 0.745. The zero-order chi connectivity index (χ0) is 18.7. The minimum Gasteiger partial charge on any atom is -0.466 e. The molecule has 1 atom stereocenters. The molecule has 3 rings (SSSR count). The number of hydrogen-bond acceptors (Lipinski definition) is 6. The molecule has 0 saturated carbocycles. The molecule has 1 aliphatic rings. The fourth-order valence-electron chi connectivity index (χ4n) is 2.92. The predicted molar refractivity (Wildman–Crippen MR) is 93.6 cm³/mol. The molecule has 0 aliphatic heterocycles. The van der Waals surface area contributed by atoms with E-state index in [0.717, 1.165) is 12.0 Å². The average molecular weight is 376 g/mol. The van der Waals surface area contributed by atoms with Crippen LogP contribution in [0.15, 0.2) is 41.7 Å². The van der Waals surface area contributed by atoms with Crippen molar-refractivity contribution in [3.05, 3.63) is 58.1 Å². The molecule has 0 amide bonds. The van der Waals surface area contributed by atoms with Crippen LogP contribution in [0, 0.1) is 0 Å². The summed E-state index contributed by atoms with van der Waals surface area (Å²) in [7, 11) is 1.30. The third-order valence-corrected chi connectivity index (χ3v) is 4.57. The number of esters is 2. The van der Waals surface area contributed by atoms with Gasteiger partial charge in [-0.2, -0.15) is 0 Å². The molecule has 26 heavy (non-hydrogen) atoms. The Labute approximate surface area is 155 Å². The van der Waals surface area contributed by atoms with E-state index in [1.807, 2.05) is 37.3 Å². The number of ether oxygens (including phenoxy) is 2. The second-order valence-corrected chi connectivity index (χ2v) is 6.25. The van der Waals surface area contributed by atoms with Crippen molar-refractivity contribution in [2.75, 3.05) is 7.11 Å². The Hall–Kier alpha value is -2.67. The van der Waals surface area contributed by atoms with Gasteiger partial charge in [-0.05, 0) is 25.3 Å². The Morgan fingerprint density at radius 1 is 1.19 bits per heavy atom. The molecule has 1 aromatic heterocycles. The molecule has 1 aromatic carbocycles. The minimum absolute atomic E-state index is 0.0454. The lowest BCUT2D eigenvalue weighted by molar-refractivity contribution is -0.136. The number of methoxy groups -OCH3 is 1. The molecule has 8 heteroatoms. The molecule has 136 valence electrons. The van der Waals surface area contributed by atoms with Crippen LogP contribution in [-0.4, -0.2) is 34.0 Å². The van der Waals surface area contributed by atoms with Gasteiger partial charge >= 0.3 is 11.9 Å². The van der Waals surface area contributed by atoms with E-state index in [1.165, 1.54) is 11.8 Å². The van der Waals surface area contributed by atoms with Gasteiger partial charge in [0.25, 0.3) is 0 Å². The van der Waals surface area contributed by atoms with Gasteiger partial charge < -0.3 is 9.47 Å². The molecule has 2 aromatic rings. The van der Waals surface area contributed by atoms with Gasteiger partial charge in [0.15, 0.2) is 10.8 Å². The number of benzene rings is 1. The van der Waals surface area contributed by atoms with Crippen LogP contribution in [0.3, 0.4) is 0 Å². The summed E-state index contributed by atoms with van der Waals surface area (Å²) in [6.07, 6.45) is 1.73. The van der Waals surface area contributed by atoms with E-state index in [9.17, 15) is 9.59 Å². The molecule has 0 unspecified atom stereocenters. The highest BCUT2D eigenvalue weighted by atomic mass is 35.5. The largest absolute Gasteiger partial charge is 0.466 e. The maximum atomic E-state index is 12.7. The summed E-state index contributed by atoms with van der Waals surface area (Å²) in [5.74, 6) is -0.861. The van der Waals surface area contributed by atoms with Crippen molar-refractivity contribution in [2.45, 2.75) is 32.2 Å². The van der Waals surface area contributed by atoms with Gasteiger partial charge in [0.2, 0.25) is 0 Å². The van der Waals surface area contributed by atoms with Crippen LogP contribution in [0.1, 0.15) is 48.3 Å². The zero-order valence-corrected chi connectivity index (χ0v) is 15.2. The van der Waals surface area contributed by atoms with Gasteiger partial charge in [-0.1, -0.05) is 47.1 Å². The fraction of sp³-hybridized carbons (Fsp3) is 0.333. The highest BCUT2D eigenvalue weighted by Gasteiger charge is 2.29. The maximum Gasteiger partial charge on any atom is 0.365 e. The van der Waals surface area contributed by atoms with Gasteiger partial charge in [0.1, 0.15) is 5.76 Å². The third-order valence-electron chi connectivity index (χ3n) is 4.31. The van der Waals surface area contributed by atoms with E-state index in [0.29, 0.717) is 24.2 Å². The summed E-state index contributed by atoms with van der Waals surface area (Å²) < 4.78 is 11.6. The van der Waals surface area contributed by atoms with E-state index in [4.69, 9.17) is 21.1 Å². The van der Waals surface area contributed by atoms with Crippen molar-refractivity contribution in [2.24, 2.45) is 0 Å².